The Labute approximate surface area is 139 Å². The molecule has 1 aliphatic rings. The van der Waals surface area contributed by atoms with E-state index in [9.17, 15) is 9.59 Å². The molecular formula is C16H20N4O4. The molecule has 3 heterocycles. The molecule has 0 bridgehead atoms. The minimum atomic E-state index is -0.503. The Morgan fingerprint density at radius 1 is 1.21 bits per heavy atom. The number of rotatable bonds is 2. The average Bonchev–Trinajstić information content (AvgIpc) is 2.85. The molecule has 8 heteroatoms. The number of hydrogen-bond acceptors (Lipinski definition) is 6. The lowest BCUT2D eigenvalue weighted by atomic mass is 10.1. The SMILES string of the molecule is COC(=O)c1ccc2nn(C3CN(C(=O)OC(C)(C)C)C3)cc2n1. The maximum Gasteiger partial charge on any atom is 0.410 e. The van der Waals surface area contributed by atoms with E-state index in [1.165, 1.54) is 7.11 Å². The van der Waals surface area contributed by atoms with Gasteiger partial charge in [-0.15, -0.1) is 0 Å². The van der Waals surface area contributed by atoms with Gasteiger partial charge in [0.15, 0.2) is 0 Å². The zero-order chi connectivity index (χ0) is 17.5. The zero-order valence-corrected chi connectivity index (χ0v) is 14.1. The molecule has 0 unspecified atom stereocenters. The Hall–Kier alpha value is -2.64. The van der Waals surface area contributed by atoms with Gasteiger partial charge >= 0.3 is 12.1 Å². The number of fused-ring (bicyclic) bond motifs is 1. The van der Waals surface area contributed by atoms with Crippen LogP contribution in [0, 0.1) is 0 Å². The van der Waals surface area contributed by atoms with Crippen molar-refractivity contribution in [2.45, 2.75) is 32.4 Å². The second-order valence-electron chi connectivity index (χ2n) is 6.74. The van der Waals surface area contributed by atoms with E-state index >= 15 is 0 Å². The van der Waals surface area contributed by atoms with Crippen LogP contribution in [0.3, 0.4) is 0 Å². The van der Waals surface area contributed by atoms with Crippen molar-refractivity contribution < 1.29 is 19.1 Å². The van der Waals surface area contributed by atoms with Crippen LogP contribution in [0.25, 0.3) is 11.0 Å². The highest BCUT2D eigenvalue weighted by Gasteiger charge is 2.35. The van der Waals surface area contributed by atoms with E-state index in [0.29, 0.717) is 24.1 Å². The first-order valence-electron chi connectivity index (χ1n) is 7.69. The van der Waals surface area contributed by atoms with Crippen LogP contribution in [0.5, 0.6) is 0 Å². The second kappa shape index (κ2) is 5.77. The molecule has 0 saturated carbocycles. The summed E-state index contributed by atoms with van der Waals surface area (Å²) in [6.07, 6.45) is 1.46. The van der Waals surface area contributed by atoms with Gasteiger partial charge in [0.1, 0.15) is 22.3 Å². The monoisotopic (exact) mass is 332 g/mol. The van der Waals surface area contributed by atoms with Crippen molar-refractivity contribution in [3.05, 3.63) is 24.0 Å². The van der Waals surface area contributed by atoms with Crippen molar-refractivity contribution in [2.24, 2.45) is 0 Å². The summed E-state index contributed by atoms with van der Waals surface area (Å²) in [4.78, 5) is 29.4. The lowest BCUT2D eigenvalue weighted by Crippen LogP contribution is -2.52. The highest BCUT2D eigenvalue weighted by molar-refractivity contribution is 5.90. The fourth-order valence-corrected chi connectivity index (χ4v) is 2.43. The zero-order valence-electron chi connectivity index (χ0n) is 14.1. The van der Waals surface area contributed by atoms with Gasteiger partial charge in [0.2, 0.25) is 0 Å². The normalized spacial score (nSPS) is 15.2. The van der Waals surface area contributed by atoms with Crippen LogP contribution in [-0.4, -0.2) is 57.5 Å². The third-order valence-corrected chi connectivity index (χ3v) is 3.66. The molecule has 2 aromatic heterocycles. The Bertz CT molecular complexity index is 787. The van der Waals surface area contributed by atoms with E-state index in [4.69, 9.17) is 4.74 Å². The van der Waals surface area contributed by atoms with Crippen LogP contribution in [0.15, 0.2) is 18.3 Å². The van der Waals surface area contributed by atoms with Gasteiger partial charge in [0.25, 0.3) is 0 Å². The van der Waals surface area contributed by atoms with Crippen molar-refractivity contribution in [1.82, 2.24) is 19.7 Å². The summed E-state index contributed by atoms with van der Waals surface area (Å²) >= 11 is 0. The third kappa shape index (κ3) is 3.17. The molecule has 0 aliphatic carbocycles. The van der Waals surface area contributed by atoms with Gasteiger partial charge in [-0.25, -0.2) is 14.6 Å². The molecule has 2 aromatic rings. The minimum absolute atomic E-state index is 0.0771. The quantitative estimate of drug-likeness (QED) is 0.782. The van der Waals surface area contributed by atoms with Crippen molar-refractivity contribution in [1.29, 1.82) is 0 Å². The maximum absolute atomic E-state index is 12.0. The highest BCUT2D eigenvalue weighted by atomic mass is 16.6. The van der Waals surface area contributed by atoms with E-state index in [1.807, 2.05) is 20.8 Å². The van der Waals surface area contributed by atoms with Crippen LogP contribution in [-0.2, 0) is 9.47 Å². The number of carbonyl (C=O) groups excluding carboxylic acids is 2. The molecule has 0 radical (unpaired) electrons. The van der Waals surface area contributed by atoms with Gasteiger partial charge in [-0.2, -0.15) is 5.10 Å². The Balaban J connectivity index is 1.69. The molecule has 24 heavy (non-hydrogen) atoms. The Morgan fingerprint density at radius 3 is 2.54 bits per heavy atom. The number of hydrogen-bond donors (Lipinski definition) is 0. The number of amides is 1. The van der Waals surface area contributed by atoms with Crippen molar-refractivity contribution in [3.63, 3.8) is 0 Å². The van der Waals surface area contributed by atoms with E-state index < -0.39 is 11.6 Å². The highest BCUT2D eigenvalue weighted by Crippen LogP contribution is 2.24. The molecule has 0 spiro atoms. The predicted octanol–water partition coefficient (Wildman–Crippen LogP) is 2.01. The summed E-state index contributed by atoms with van der Waals surface area (Å²) < 4.78 is 11.8. The fourth-order valence-electron chi connectivity index (χ4n) is 2.43. The summed E-state index contributed by atoms with van der Waals surface area (Å²) in [5.74, 6) is -0.482. The van der Waals surface area contributed by atoms with Gasteiger partial charge in [-0.3, -0.25) is 4.68 Å². The summed E-state index contributed by atoms with van der Waals surface area (Å²) in [6.45, 7) is 6.59. The van der Waals surface area contributed by atoms with Gasteiger partial charge < -0.3 is 14.4 Å². The molecule has 1 amide bonds. The van der Waals surface area contributed by atoms with Crippen molar-refractivity contribution in [3.8, 4) is 0 Å². The second-order valence-corrected chi connectivity index (χ2v) is 6.74. The molecule has 1 saturated heterocycles. The molecule has 0 N–H and O–H groups in total. The number of likely N-dealkylation sites (tertiary alicyclic amines) is 1. The first kappa shape index (κ1) is 16.2. The number of aromatic nitrogens is 3. The first-order valence-corrected chi connectivity index (χ1v) is 7.69. The topological polar surface area (TPSA) is 86.6 Å². The van der Waals surface area contributed by atoms with Crippen LogP contribution in [0.2, 0.25) is 0 Å². The molecule has 128 valence electrons. The molecular weight excluding hydrogens is 312 g/mol. The van der Waals surface area contributed by atoms with Gasteiger partial charge in [-0.05, 0) is 32.9 Å². The van der Waals surface area contributed by atoms with Crippen LogP contribution >= 0.6 is 0 Å². The first-order chi connectivity index (χ1) is 11.3. The third-order valence-electron chi connectivity index (χ3n) is 3.66. The smallest absolute Gasteiger partial charge is 0.410 e. The lowest BCUT2D eigenvalue weighted by Gasteiger charge is -2.39. The van der Waals surface area contributed by atoms with Gasteiger partial charge in [0, 0.05) is 13.1 Å². The Kier molecular flexibility index (Phi) is 3.90. The van der Waals surface area contributed by atoms with Crippen molar-refractivity contribution in [2.75, 3.05) is 20.2 Å². The molecule has 8 nitrogen and oxygen atoms in total. The molecule has 0 aromatic carbocycles. The molecule has 1 fully saturated rings. The number of esters is 1. The maximum atomic E-state index is 12.0. The molecule has 3 rings (SSSR count). The number of ether oxygens (including phenoxy) is 2. The van der Waals surface area contributed by atoms with Gasteiger partial charge in [-0.1, -0.05) is 0 Å². The predicted molar refractivity (Wildman–Crippen MR) is 85.7 cm³/mol. The summed E-state index contributed by atoms with van der Waals surface area (Å²) in [7, 11) is 1.32. The van der Waals surface area contributed by atoms with Crippen LogP contribution < -0.4 is 0 Å². The number of nitrogens with zero attached hydrogens (tertiary/aromatic N) is 4. The average molecular weight is 332 g/mol. The summed E-state index contributed by atoms with van der Waals surface area (Å²) in [5.41, 5.74) is 1.05. The molecule has 1 aliphatic heterocycles. The largest absolute Gasteiger partial charge is 0.464 e. The van der Waals surface area contributed by atoms with E-state index in [1.54, 1.807) is 27.9 Å². The minimum Gasteiger partial charge on any atom is -0.464 e. The standard InChI is InChI=1S/C16H20N4O4/c1-16(2,3)24-15(22)19-7-10(8-19)20-9-13-11(18-20)5-6-12(17-13)14(21)23-4/h5-6,9-10H,7-8H2,1-4H3. The van der Waals surface area contributed by atoms with E-state index in [0.717, 1.165) is 0 Å². The Morgan fingerprint density at radius 2 is 1.92 bits per heavy atom. The number of carbonyl (C=O) groups is 2. The van der Waals surface area contributed by atoms with Gasteiger partial charge in [0.05, 0.1) is 19.3 Å². The summed E-state index contributed by atoms with van der Waals surface area (Å²) in [6, 6.07) is 3.39. The fraction of sp³-hybridized carbons (Fsp3) is 0.500. The van der Waals surface area contributed by atoms with Crippen molar-refractivity contribution >= 4 is 23.1 Å². The van der Waals surface area contributed by atoms with Crippen LogP contribution in [0.4, 0.5) is 4.79 Å². The van der Waals surface area contributed by atoms with E-state index in [-0.39, 0.29) is 17.8 Å². The number of methoxy groups -OCH3 is 1. The lowest BCUT2D eigenvalue weighted by molar-refractivity contribution is -0.000308. The van der Waals surface area contributed by atoms with E-state index in [2.05, 4.69) is 14.8 Å². The number of pyridine rings is 1. The molecule has 0 atom stereocenters. The summed E-state index contributed by atoms with van der Waals surface area (Å²) in [5, 5.41) is 4.45. The van der Waals surface area contributed by atoms with Crippen LogP contribution in [0.1, 0.15) is 37.3 Å².